The molecule has 1 aromatic heterocycles. The zero-order valence-corrected chi connectivity index (χ0v) is 13.8. The fourth-order valence-electron chi connectivity index (χ4n) is 3.14. The van der Waals surface area contributed by atoms with Crippen LogP contribution in [0, 0.1) is 11.7 Å². The monoisotopic (exact) mass is 342 g/mol. The van der Waals surface area contributed by atoms with Gasteiger partial charge in [-0.15, -0.1) is 0 Å². The molecule has 0 N–H and O–H groups in total. The number of halogens is 1. The number of carbonyl (C=O) groups is 2. The van der Waals surface area contributed by atoms with Gasteiger partial charge in [0.1, 0.15) is 11.5 Å². The summed E-state index contributed by atoms with van der Waals surface area (Å²) in [6.07, 6.45) is 5.06. The number of imidazole rings is 1. The predicted octanol–water partition coefficient (Wildman–Crippen LogP) is 1.71. The number of amides is 2. The molecular formula is C18H19FN4O2. The normalized spacial score (nSPS) is 17.6. The van der Waals surface area contributed by atoms with Crippen molar-refractivity contribution in [2.75, 3.05) is 26.2 Å². The van der Waals surface area contributed by atoms with Crippen molar-refractivity contribution in [1.29, 1.82) is 0 Å². The minimum absolute atomic E-state index is 0.125. The molecule has 0 spiro atoms. The van der Waals surface area contributed by atoms with Crippen molar-refractivity contribution >= 4 is 11.8 Å². The third kappa shape index (κ3) is 3.14. The number of carbonyl (C=O) groups excluding carboxylic acids is 2. The van der Waals surface area contributed by atoms with Gasteiger partial charge in [-0.25, -0.2) is 9.37 Å². The van der Waals surface area contributed by atoms with Crippen LogP contribution in [0.2, 0.25) is 0 Å². The van der Waals surface area contributed by atoms with Crippen molar-refractivity contribution in [1.82, 2.24) is 19.4 Å². The van der Waals surface area contributed by atoms with Crippen molar-refractivity contribution in [2.45, 2.75) is 12.8 Å². The molecule has 0 unspecified atom stereocenters. The predicted molar refractivity (Wildman–Crippen MR) is 88.7 cm³/mol. The first kappa shape index (κ1) is 15.8. The van der Waals surface area contributed by atoms with Crippen LogP contribution in [-0.2, 0) is 4.79 Å². The second-order valence-electron chi connectivity index (χ2n) is 6.52. The molecule has 0 atom stereocenters. The lowest BCUT2D eigenvalue weighted by molar-refractivity contribution is -0.134. The highest BCUT2D eigenvalue weighted by atomic mass is 19.1. The Morgan fingerprint density at radius 2 is 1.64 bits per heavy atom. The summed E-state index contributed by atoms with van der Waals surface area (Å²) < 4.78 is 14.8. The SMILES string of the molecule is O=C(c1cncn1-c1ccc(F)cc1)N1CCN(C(=O)C2CC2)CC1. The molecule has 0 radical (unpaired) electrons. The van der Waals surface area contributed by atoms with Crippen LogP contribution in [0.3, 0.4) is 0 Å². The zero-order chi connectivity index (χ0) is 17.4. The average molecular weight is 342 g/mol. The van der Waals surface area contributed by atoms with Crippen LogP contribution in [0.25, 0.3) is 5.69 Å². The van der Waals surface area contributed by atoms with Gasteiger partial charge in [0.15, 0.2) is 0 Å². The topological polar surface area (TPSA) is 58.4 Å². The Bertz CT molecular complexity index is 790. The molecule has 1 saturated heterocycles. The Labute approximate surface area is 144 Å². The fraction of sp³-hybridized carbons (Fsp3) is 0.389. The van der Waals surface area contributed by atoms with Crippen molar-refractivity contribution in [3.05, 3.63) is 48.3 Å². The Hall–Kier alpha value is -2.70. The van der Waals surface area contributed by atoms with Crippen LogP contribution in [-0.4, -0.2) is 57.3 Å². The van der Waals surface area contributed by atoms with E-state index in [1.807, 2.05) is 4.90 Å². The van der Waals surface area contributed by atoms with Gasteiger partial charge in [-0.05, 0) is 37.1 Å². The summed E-state index contributed by atoms with van der Waals surface area (Å²) in [4.78, 5) is 32.6. The standard InChI is InChI=1S/C18H19FN4O2/c19-14-3-5-15(6-4-14)23-12-20-11-16(23)18(25)22-9-7-21(8-10-22)17(24)13-1-2-13/h3-6,11-13H,1-2,7-10H2. The summed E-state index contributed by atoms with van der Waals surface area (Å²) in [5.74, 6) is -0.0147. The molecule has 0 bridgehead atoms. The van der Waals surface area contributed by atoms with E-state index in [1.54, 1.807) is 27.9 Å². The molecule has 6 nitrogen and oxygen atoms in total. The molecule has 25 heavy (non-hydrogen) atoms. The molecule has 2 aromatic rings. The molecule has 4 rings (SSSR count). The highest BCUT2D eigenvalue weighted by Crippen LogP contribution is 2.31. The maximum absolute atomic E-state index is 13.1. The maximum atomic E-state index is 13.1. The van der Waals surface area contributed by atoms with Gasteiger partial charge in [-0.1, -0.05) is 0 Å². The summed E-state index contributed by atoms with van der Waals surface area (Å²) in [6.45, 7) is 2.19. The first-order valence-corrected chi connectivity index (χ1v) is 8.50. The number of piperazine rings is 1. The molecule has 1 aliphatic carbocycles. The largest absolute Gasteiger partial charge is 0.339 e. The molecule has 2 heterocycles. The molecule has 2 amide bonds. The van der Waals surface area contributed by atoms with Gasteiger partial charge < -0.3 is 9.80 Å². The fourth-order valence-corrected chi connectivity index (χ4v) is 3.14. The average Bonchev–Trinajstić information content (AvgIpc) is 3.38. The Morgan fingerprint density at radius 3 is 2.28 bits per heavy atom. The van der Waals surface area contributed by atoms with Gasteiger partial charge in [-0.2, -0.15) is 0 Å². The van der Waals surface area contributed by atoms with E-state index in [-0.39, 0.29) is 23.5 Å². The molecular weight excluding hydrogens is 323 g/mol. The number of benzene rings is 1. The Morgan fingerprint density at radius 1 is 1.00 bits per heavy atom. The lowest BCUT2D eigenvalue weighted by atomic mass is 10.2. The molecule has 7 heteroatoms. The van der Waals surface area contributed by atoms with E-state index >= 15 is 0 Å². The highest BCUT2D eigenvalue weighted by molar-refractivity contribution is 5.93. The van der Waals surface area contributed by atoms with E-state index in [1.165, 1.54) is 18.3 Å². The van der Waals surface area contributed by atoms with E-state index in [2.05, 4.69) is 4.98 Å². The van der Waals surface area contributed by atoms with Gasteiger partial charge in [0.2, 0.25) is 5.91 Å². The van der Waals surface area contributed by atoms with Crippen molar-refractivity contribution in [2.24, 2.45) is 5.92 Å². The first-order valence-electron chi connectivity index (χ1n) is 8.50. The summed E-state index contributed by atoms with van der Waals surface area (Å²) in [5.41, 5.74) is 1.12. The molecule has 1 aliphatic heterocycles. The Balaban J connectivity index is 1.46. The second-order valence-corrected chi connectivity index (χ2v) is 6.52. The van der Waals surface area contributed by atoms with Crippen LogP contribution < -0.4 is 0 Å². The van der Waals surface area contributed by atoms with Crippen molar-refractivity contribution in [3.63, 3.8) is 0 Å². The Kier molecular flexibility index (Phi) is 3.99. The van der Waals surface area contributed by atoms with Crippen molar-refractivity contribution < 1.29 is 14.0 Å². The molecule has 1 aromatic carbocycles. The molecule has 2 aliphatic rings. The lowest BCUT2D eigenvalue weighted by Gasteiger charge is -2.35. The van der Waals surface area contributed by atoms with E-state index in [0.717, 1.165) is 12.8 Å². The minimum Gasteiger partial charge on any atom is -0.339 e. The van der Waals surface area contributed by atoms with Crippen LogP contribution in [0.5, 0.6) is 0 Å². The number of nitrogens with zero attached hydrogens (tertiary/aromatic N) is 4. The van der Waals surface area contributed by atoms with Gasteiger partial charge >= 0.3 is 0 Å². The second kappa shape index (κ2) is 6.31. The molecule has 1 saturated carbocycles. The van der Waals surface area contributed by atoms with Gasteiger partial charge in [0.05, 0.1) is 12.5 Å². The van der Waals surface area contributed by atoms with E-state index < -0.39 is 0 Å². The summed E-state index contributed by atoms with van der Waals surface area (Å²) >= 11 is 0. The highest BCUT2D eigenvalue weighted by Gasteiger charge is 2.35. The minimum atomic E-state index is -0.326. The summed E-state index contributed by atoms with van der Waals surface area (Å²) in [7, 11) is 0. The van der Waals surface area contributed by atoms with Crippen LogP contribution in [0.1, 0.15) is 23.3 Å². The molecule has 2 fully saturated rings. The quantitative estimate of drug-likeness (QED) is 0.853. The summed E-state index contributed by atoms with van der Waals surface area (Å²) in [6, 6.07) is 5.93. The molecule has 130 valence electrons. The first-order chi connectivity index (χ1) is 12.1. The van der Waals surface area contributed by atoms with Crippen LogP contribution >= 0.6 is 0 Å². The third-order valence-corrected chi connectivity index (χ3v) is 4.77. The van der Waals surface area contributed by atoms with E-state index in [0.29, 0.717) is 37.6 Å². The summed E-state index contributed by atoms with van der Waals surface area (Å²) in [5, 5.41) is 0. The van der Waals surface area contributed by atoms with Crippen LogP contribution in [0.4, 0.5) is 4.39 Å². The lowest BCUT2D eigenvalue weighted by Crippen LogP contribution is -2.51. The number of hydrogen-bond acceptors (Lipinski definition) is 3. The number of hydrogen-bond donors (Lipinski definition) is 0. The third-order valence-electron chi connectivity index (χ3n) is 4.77. The number of aromatic nitrogens is 2. The van der Waals surface area contributed by atoms with Gasteiger partial charge in [-0.3, -0.25) is 14.2 Å². The van der Waals surface area contributed by atoms with Crippen LogP contribution in [0.15, 0.2) is 36.8 Å². The van der Waals surface area contributed by atoms with Gasteiger partial charge in [0, 0.05) is 37.8 Å². The van der Waals surface area contributed by atoms with E-state index in [4.69, 9.17) is 0 Å². The number of rotatable bonds is 3. The van der Waals surface area contributed by atoms with E-state index in [9.17, 15) is 14.0 Å². The van der Waals surface area contributed by atoms with Gasteiger partial charge in [0.25, 0.3) is 5.91 Å². The smallest absolute Gasteiger partial charge is 0.272 e. The maximum Gasteiger partial charge on any atom is 0.272 e. The zero-order valence-electron chi connectivity index (χ0n) is 13.8. The van der Waals surface area contributed by atoms with Crippen molar-refractivity contribution in [3.8, 4) is 5.69 Å².